The van der Waals surface area contributed by atoms with E-state index >= 15 is 0 Å². The number of carbonyl (C=O) groups excluding carboxylic acids is 1. The summed E-state index contributed by atoms with van der Waals surface area (Å²) in [5.74, 6) is -0.173. The van der Waals surface area contributed by atoms with Gasteiger partial charge in [0.05, 0.1) is 36.8 Å². The molecule has 0 aliphatic rings. The molecule has 3 heteroatoms. The van der Waals surface area contributed by atoms with Crippen molar-refractivity contribution in [1.82, 2.24) is 0 Å². The average molecular weight is 380 g/mol. The van der Waals surface area contributed by atoms with Gasteiger partial charge in [-0.1, -0.05) is 59.1 Å². The van der Waals surface area contributed by atoms with Gasteiger partial charge in [0.25, 0.3) is 0 Å². The predicted octanol–water partition coefficient (Wildman–Crippen LogP) is 7.17. The van der Waals surface area contributed by atoms with Gasteiger partial charge in [0.2, 0.25) is 0 Å². The zero-order valence-electron chi connectivity index (χ0n) is 17.6. The number of unbranched alkanes of at least 4 members (excludes halogenated alkanes) is 3. The lowest BCUT2D eigenvalue weighted by molar-refractivity contribution is 0.0505. The van der Waals surface area contributed by atoms with Gasteiger partial charge in [-0.25, -0.2) is 4.79 Å². The van der Waals surface area contributed by atoms with E-state index in [4.69, 9.17) is 4.74 Å². The molecule has 0 radical (unpaired) electrons. The molecule has 0 bridgehead atoms. The topological polar surface area (TPSA) is 26.3 Å². The molecule has 0 spiro atoms. The van der Waals surface area contributed by atoms with Crippen molar-refractivity contribution in [2.24, 2.45) is 0 Å². The fourth-order valence-corrected chi connectivity index (χ4v) is 8.59. The van der Waals surface area contributed by atoms with E-state index in [1.165, 1.54) is 68.7 Å². The smallest absolute Gasteiger partial charge is 0.338 e. The van der Waals surface area contributed by atoms with Gasteiger partial charge in [-0.2, -0.15) is 0 Å². The van der Waals surface area contributed by atoms with Crippen LogP contribution in [0.15, 0.2) is 24.3 Å². The van der Waals surface area contributed by atoms with Crippen LogP contribution in [0.25, 0.3) is 0 Å². The molecule has 0 saturated heterocycles. The number of esters is 1. The normalized spacial score (nSPS) is 11.5. The molecule has 1 aromatic carbocycles. The van der Waals surface area contributed by atoms with Crippen LogP contribution in [0.5, 0.6) is 0 Å². The highest BCUT2D eigenvalue weighted by atomic mass is 31.2. The first-order valence-electron chi connectivity index (χ1n) is 10.7. The molecule has 0 unspecified atom stereocenters. The van der Waals surface area contributed by atoms with Crippen molar-refractivity contribution in [3.8, 4) is 0 Å². The lowest BCUT2D eigenvalue weighted by atomic mass is 10.1. The zero-order valence-corrected chi connectivity index (χ0v) is 18.5. The van der Waals surface area contributed by atoms with Crippen molar-refractivity contribution in [2.45, 2.75) is 78.8 Å². The molecule has 0 heterocycles. The summed E-state index contributed by atoms with van der Waals surface area (Å²) in [6.07, 6.45) is 14.2. The van der Waals surface area contributed by atoms with Crippen LogP contribution in [-0.4, -0.2) is 31.1 Å². The molecule has 0 aliphatic carbocycles. The number of hydrogen-bond acceptors (Lipinski definition) is 2. The van der Waals surface area contributed by atoms with Crippen LogP contribution in [0.3, 0.4) is 0 Å². The Morgan fingerprint density at radius 3 is 1.96 bits per heavy atom. The summed E-state index contributed by atoms with van der Waals surface area (Å²) >= 11 is 0. The van der Waals surface area contributed by atoms with Gasteiger partial charge < -0.3 is 4.74 Å². The van der Waals surface area contributed by atoms with Crippen molar-refractivity contribution in [3.63, 3.8) is 0 Å². The molecule has 0 amide bonds. The number of hydrogen-bond donors (Lipinski definition) is 0. The minimum atomic E-state index is -0.991. The molecule has 0 N–H and O–H groups in total. The van der Waals surface area contributed by atoms with Crippen LogP contribution >= 0.6 is 7.26 Å². The van der Waals surface area contributed by atoms with Gasteiger partial charge in [0.15, 0.2) is 0 Å². The highest BCUT2D eigenvalue weighted by Crippen LogP contribution is 2.63. The Labute approximate surface area is 162 Å². The first-order valence-corrected chi connectivity index (χ1v) is 13.2. The summed E-state index contributed by atoms with van der Waals surface area (Å²) in [5, 5.41) is 0. The van der Waals surface area contributed by atoms with Crippen LogP contribution in [-0.2, 0) is 10.9 Å². The Kier molecular flexibility index (Phi) is 11.9. The summed E-state index contributed by atoms with van der Waals surface area (Å²) < 4.78 is 5.33. The van der Waals surface area contributed by atoms with Crippen LogP contribution < -0.4 is 0 Å². The number of carbonyl (C=O) groups is 1. The monoisotopic (exact) mass is 379 g/mol. The highest BCUT2D eigenvalue weighted by Gasteiger charge is 2.35. The quantitative estimate of drug-likeness (QED) is 0.253. The minimum absolute atomic E-state index is 0.173. The molecule has 148 valence electrons. The van der Waals surface area contributed by atoms with Crippen LogP contribution in [0.4, 0.5) is 0 Å². The maximum absolute atomic E-state index is 12.2. The van der Waals surface area contributed by atoms with Gasteiger partial charge in [-0.3, -0.25) is 0 Å². The predicted molar refractivity (Wildman–Crippen MR) is 117 cm³/mol. The molecule has 0 aliphatic heterocycles. The Hall–Kier alpha value is -0.880. The first-order chi connectivity index (χ1) is 12.6. The summed E-state index contributed by atoms with van der Waals surface area (Å²) in [7, 11) is -0.991. The molecule has 2 nitrogen and oxygen atoms in total. The second kappa shape index (κ2) is 13.3. The van der Waals surface area contributed by atoms with E-state index in [9.17, 15) is 4.79 Å². The van der Waals surface area contributed by atoms with Crippen molar-refractivity contribution in [1.29, 1.82) is 0 Å². The fourth-order valence-electron chi connectivity index (χ4n) is 3.52. The molecule has 0 atom stereocenters. The van der Waals surface area contributed by atoms with Gasteiger partial charge in [-0.05, 0) is 43.4 Å². The summed E-state index contributed by atoms with van der Waals surface area (Å²) in [6.45, 7) is 9.44. The SMILES string of the molecule is CCCC[P+](CCCC)(CCCC)Cc1cccc(C(=O)OCCC)c1. The third-order valence-electron chi connectivity index (χ3n) is 5.08. The standard InChI is InChI=1S/C23H40O2P/c1-5-9-16-26(17-10-6-2,18-11-7-3)20-21-13-12-14-22(19-21)23(24)25-15-8-4/h12-14,19H,5-11,15-18,20H2,1-4H3/q+1. The second-order valence-electron chi connectivity index (χ2n) is 7.57. The molecular formula is C23H40O2P+. The molecular weight excluding hydrogens is 339 g/mol. The Balaban J connectivity index is 2.98. The van der Waals surface area contributed by atoms with E-state index in [0.717, 1.165) is 12.0 Å². The fraction of sp³-hybridized carbons (Fsp3) is 0.696. The van der Waals surface area contributed by atoms with Gasteiger partial charge in [0, 0.05) is 7.26 Å². The maximum atomic E-state index is 12.2. The summed E-state index contributed by atoms with van der Waals surface area (Å²) in [4.78, 5) is 12.2. The van der Waals surface area contributed by atoms with E-state index in [2.05, 4.69) is 32.9 Å². The van der Waals surface area contributed by atoms with Gasteiger partial charge >= 0.3 is 5.97 Å². The lowest BCUT2D eigenvalue weighted by Crippen LogP contribution is -2.12. The third kappa shape index (κ3) is 8.21. The molecule has 0 saturated carbocycles. The van der Waals surface area contributed by atoms with Crippen LogP contribution in [0.1, 0.15) is 88.6 Å². The summed E-state index contributed by atoms with van der Waals surface area (Å²) in [6, 6.07) is 8.24. The first kappa shape index (κ1) is 23.2. The van der Waals surface area contributed by atoms with Crippen molar-refractivity contribution in [3.05, 3.63) is 35.4 Å². The van der Waals surface area contributed by atoms with Crippen LogP contribution in [0.2, 0.25) is 0 Å². The molecule has 0 aromatic heterocycles. The maximum Gasteiger partial charge on any atom is 0.338 e. The average Bonchev–Trinajstić information content (AvgIpc) is 2.67. The van der Waals surface area contributed by atoms with E-state index in [0.29, 0.717) is 6.61 Å². The van der Waals surface area contributed by atoms with E-state index in [-0.39, 0.29) is 5.97 Å². The van der Waals surface area contributed by atoms with Gasteiger partial charge in [0.1, 0.15) is 0 Å². The molecule has 1 rings (SSSR count). The molecule has 0 fully saturated rings. The van der Waals surface area contributed by atoms with Crippen molar-refractivity contribution >= 4 is 13.2 Å². The van der Waals surface area contributed by atoms with E-state index in [1.54, 1.807) is 0 Å². The minimum Gasteiger partial charge on any atom is -0.462 e. The lowest BCUT2D eigenvalue weighted by Gasteiger charge is -2.28. The summed E-state index contributed by atoms with van der Waals surface area (Å²) in [5.41, 5.74) is 2.06. The molecule has 26 heavy (non-hydrogen) atoms. The number of benzene rings is 1. The zero-order chi connectivity index (χ0) is 19.3. The van der Waals surface area contributed by atoms with E-state index in [1.807, 2.05) is 19.1 Å². The third-order valence-corrected chi connectivity index (χ3v) is 9.91. The van der Waals surface area contributed by atoms with Crippen molar-refractivity contribution < 1.29 is 9.53 Å². The van der Waals surface area contributed by atoms with Crippen molar-refractivity contribution in [2.75, 3.05) is 25.1 Å². The highest BCUT2D eigenvalue weighted by molar-refractivity contribution is 7.75. The Morgan fingerprint density at radius 1 is 0.885 bits per heavy atom. The van der Waals surface area contributed by atoms with Crippen LogP contribution in [0, 0.1) is 0 Å². The number of ether oxygens (including phenoxy) is 1. The largest absolute Gasteiger partial charge is 0.462 e. The second-order valence-corrected chi connectivity index (χ2v) is 11.9. The van der Waals surface area contributed by atoms with Gasteiger partial charge in [-0.15, -0.1) is 0 Å². The molecule has 1 aromatic rings. The Bertz CT molecular complexity index is 491. The Morgan fingerprint density at radius 2 is 1.46 bits per heavy atom. The van der Waals surface area contributed by atoms with E-state index < -0.39 is 7.26 Å². The number of rotatable bonds is 14.